The van der Waals surface area contributed by atoms with Crippen LogP contribution in [0.5, 0.6) is 0 Å². The zero-order valence-corrected chi connectivity index (χ0v) is 7.44. The average Bonchev–Trinajstić information content (AvgIpc) is 2.06. The summed E-state index contributed by atoms with van der Waals surface area (Å²) in [4.78, 5) is 3.91. The molecule has 0 amide bonds. The van der Waals surface area contributed by atoms with Crippen LogP contribution in [-0.2, 0) is 0 Å². The SMILES string of the molecule is CCN=C(N)C1(F)CCNCC1. The van der Waals surface area contributed by atoms with Crippen molar-refractivity contribution in [3.05, 3.63) is 0 Å². The fraction of sp³-hybridized carbons (Fsp3) is 0.875. The highest BCUT2D eigenvalue weighted by Gasteiger charge is 2.35. The van der Waals surface area contributed by atoms with Crippen molar-refractivity contribution < 1.29 is 4.39 Å². The highest BCUT2D eigenvalue weighted by molar-refractivity contribution is 5.89. The quantitative estimate of drug-likeness (QED) is 0.470. The summed E-state index contributed by atoms with van der Waals surface area (Å²) in [6.07, 6.45) is 0.894. The van der Waals surface area contributed by atoms with Crippen LogP contribution in [-0.4, -0.2) is 31.1 Å². The molecule has 4 heteroatoms. The third-order valence-electron chi connectivity index (χ3n) is 2.18. The molecule has 0 spiro atoms. The molecule has 1 fully saturated rings. The molecule has 0 atom stereocenters. The summed E-state index contributed by atoms with van der Waals surface area (Å²) in [6, 6.07) is 0. The Labute approximate surface area is 72.2 Å². The summed E-state index contributed by atoms with van der Waals surface area (Å²) in [5.74, 6) is 0.173. The molecule has 1 saturated heterocycles. The van der Waals surface area contributed by atoms with E-state index in [0.717, 1.165) is 0 Å². The molecule has 0 aromatic heterocycles. The molecule has 3 nitrogen and oxygen atoms in total. The second-order valence-electron chi connectivity index (χ2n) is 3.07. The van der Waals surface area contributed by atoms with E-state index >= 15 is 0 Å². The van der Waals surface area contributed by atoms with E-state index in [1.165, 1.54) is 0 Å². The van der Waals surface area contributed by atoms with Crippen molar-refractivity contribution in [3.63, 3.8) is 0 Å². The van der Waals surface area contributed by atoms with E-state index in [4.69, 9.17) is 5.73 Å². The predicted octanol–water partition coefficient (Wildman–Crippen LogP) is 0.455. The van der Waals surface area contributed by atoms with E-state index in [1.54, 1.807) is 0 Å². The summed E-state index contributed by atoms with van der Waals surface area (Å²) in [7, 11) is 0. The van der Waals surface area contributed by atoms with Crippen molar-refractivity contribution in [2.45, 2.75) is 25.4 Å². The maximum Gasteiger partial charge on any atom is 0.169 e. The zero-order chi connectivity index (χ0) is 9.03. The van der Waals surface area contributed by atoms with Gasteiger partial charge in [-0.05, 0) is 20.0 Å². The van der Waals surface area contributed by atoms with Crippen LogP contribution in [0.15, 0.2) is 4.99 Å². The lowest BCUT2D eigenvalue weighted by Gasteiger charge is -2.29. The van der Waals surface area contributed by atoms with E-state index < -0.39 is 5.67 Å². The molecule has 1 aliphatic heterocycles. The van der Waals surface area contributed by atoms with Gasteiger partial charge in [0.05, 0.1) is 0 Å². The van der Waals surface area contributed by atoms with Crippen molar-refractivity contribution in [1.29, 1.82) is 0 Å². The third-order valence-corrected chi connectivity index (χ3v) is 2.18. The smallest absolute Gasteiger partial charge is 0.169 e. The molecule has 0 unspecified atom stereocenters. The maximum absolute atomic E-state index is 13.9. The van der Waals surface area contributed by atoms with Gasteiger partial charge in [-0.1, -0.05) is 0 Å². The number of piperidine rings is 1. The molecular weight excluding hydrogens is 157 g/mol. The van der Waals surface area contributed by atoms with Crippen molar-refractivity contribution in [2.24, 2.45) is 10.7 Å². The molecule has 0 saturated carbocycles. The van der Waals surface area contributed by atoms with E-state index in [9.17, 15) is 4.39 Å². The second kappa shape index (κ2) is 3.85. The van der Waals surface area contributed by atoms with Crippen LogP contribution in [0.4, 0.5) is 4.39 Å². The Bertz CT molecular complexity index is 173. The maximum atomic E-state index is 13.9. The number of alkyl halides is 1. The van der Waals surface area contributed by atoms with Crippen LogP contribution in [0, 0.1) is 0 Å². The van der Waals surface area contributed by atoms with Gasteiger partial charge in [-0.2, -0.15) is 0 Å². The number of halogens is 1. The number of rotatable bonds is 2. The van der Waals surface area contributed by atoms with E-state index in [2.05, 4.69) is 10.3 Å². The van der Waals surface area contributed by atoms with Crippen LogP contribution in [0.3, 0.4) is 0 Å². The normalized spacial score (nSPS) is 24.0. The molecule has 0 radical (unpaired) electrons. The molecule has 3 N–H and O–H groups in total. The van der Waals surface area contributed by atoms with Gasteiger partial charge in [0.15, 0.2) is 5.67 Å². The number of nitrogens with one attached hydrogen (secondary N) is 1. The van der Waals surface area contributed by atoms with Crippen LogP contribution in [0.1, 0.15) is 19.8 Å². The lowest BCUT2D eigenvalue weighted by atomic mass is 9.93. The predicted molar refractivity (Wildman–Crippen MR) is 48.1 cm³/mol. The topological polar surface area (TPSA) is 50.4 Å². The Kier molecular flexibility index (Phi) is 3.03. The number of nitrogens with two attached hydrogens (primary N) is 1. The van der Waals surface area contributed by atoms with Gasteiger partial charge < -0.3 is 11.1 Å². The van der Waals surface area contributed by atoms with Crippen molar-refractivity contribution in [2.75, 3.05) is 19.6 Å². The van der Waals surface area contributed by atoms with Gasteiger partial charge in [-0.15, -0.1) is 0 Å². The highest BCUT2D eigenvalue weighted by atomic mass is 19.1. The molecule has 1 aliphatic rings. The fourth-order valence-electron chi connectivity index (χ4n) is 1.39. The lowest BCUT2D eigenvalue weighted by molar-refractivity contribution is 0.193. The Balaban J connectivity index is 2.62. The molecular formula is C8H16FN3. The Morgan fingerprint density at radius 2 is 2.17 bits per heavy atom. The number of amidine groups is 1. The van der Waals surface area contributed by atoms with Gasteiger partial charge in [0.25, 0.3) is 0 Å². The molecule has 70 valence electrons. The Hall–Kier alpha value is -0.640. The minimum atomic E-state index is -1.35. The molecule has 1 heterocycles. The summed E-state index contributed by atoms with van der Waals surface area (Å²) in [6.45, 7) is 3.80. The van der Waals surface area contributed by atoms with Crippen LogP contribution >= 0.6 is 0 Å². The van der Waals surface area contributed by atoms with Gasteiger partial charge in [0.2, 0.25) is 0 Å². The molecule has 0 aliphatic carbocycles. The zero-order valence-electron chi connectivity index (χ0n) is 7.44. The first-order valence-electron chi connectivity index (χ1n) is 4.39. The summed E-state index contributed by atoms with van der Waals surface area (Å²) in [5, 5.41) is 3.09. The van der Waals surface area contributed by atoms with Crippen molar-refractivity contribution in [1.82, 2.24) is 5.32 Å². The first-order valence-corrected chi connectivity index (χ1v) is 4.39. The molecule has 0 aromatic rings. The Morgan fingerprint density at radius 3 is 2.67 bits per heavy atom. The minimum Gasteiger partial charge on any atom is -0.385 e. The monoisotopic (exact) mass is 173 g/mol. The first kappa shape index (κ1) is 9.45. The fourth-order valence-corrected chi connectivity index (χ4v) is 1.39. The standard InChI is InChI=1S/C8H16FN3/c1-2-12-7(10)8(9)3-5-11-6-4-8/h11H,2-6H2,1H3,(H2,10,12). The van der Waals surface area contributed by atoms with E-state index in [0.29, 0.717) is 32.5 Å². The number of aliphatic imine (C=N–C) groups is 1. The highest BCUT2D eigenvalue weighted by Crippen LogP contribution is 2.23. The summed E-state index contributed by atoms with van der Waals surface area (Å²) >= 11 is 0. The van der Waals surface area contributed by atoms with Crippen LogP contribution in [0.25, 0.3) is 0 Å². The minimum absolute atomic E-state index is 0.173. The van der Waals surface area contributed by atoms with Crippen molar-refractivity contribution in [3.8, 4) is 0 Å². The van der Waals surface area contributed by atoms with E-state index in [1.807, 2.05) is 6.92 Å². The van der Waals surface area contributed by atoms with Gasteiger partial charge >= 0.3 is 0 Å². The number of hydrogen-bond acceptors (Lipinski definition) is 2. The third kappa shape index (κ3) is 1.94. The Morgan fingerprint density at radius 1 is 1.58 bits per heavy atom. The summed E-state index contributed by atoms with van der Waals surface area (Å²) < 4.78 is 13.9. The lowest BCUT2D eigenvalue weighted by Crippen LogP contribution is -2.48. The number of hydrogen-bond donors (Lipinski definition) is 2. The number of nitrogens with zero attached hydrogens (tertiary/aromatic N) is 1. The second-order valence-corrected chi connectivity index (χ2v) is 3.07. The average molecular weight is 173 g/mol. The van der Waals surface area contributed by atoms with Gasteiger partial charge in [-0.3, -0.25) is 4.99 Å². The van der Waals surface area contributed by atoms with Crippen LogP contribution in [0.2, 0.25) is 0 Å². The largest absolute Gasteiger partial charge is 0.385 e. The first-order chi connectivity index (χ1) is 5.69. The summed E-state index contributed by atoms with van der Waals surface area (Å²) in [5.41, 5.74) is 4.19. The van der Waals surface area contributed by atoms with Crippen molar-refractivity contribution >= 4 is 5.84 Å². The molecule has 1 rings (SSSR count). The van der Waals surface area contributed by atoms with E-state index in [-0.39, 0.29) is 5.84 Å². The molecule has 12 heavy (non-hydrogen) atoms. The van der Waals surface area contributed by atoms with Gasteiger partial charge in [-0.25, -0.2) is 4.39 Å². The van der Waals surface area contributed by atoms with Gasteiger partial charge in [0.1, 0.15) is 5.84 Å². The van der Waals surface area contributed by atoms with Gasteiger partial charge in [0, 0.05) is 19.4 Å². The molecule has 0 bridgehead atoms. The molecule has 0 aromatic carbocycles. The van der Waals surface area contributed by atoms with Crippen LogP contribution < -0.4 is 11.1 Å².